The molecule has 2 aromatic rings. The first-order valence-electron chi connectivity index (χ1n) is 7.03. The van der Waals surface area contributed by atoms with Crippen molar-refractivity contribution in [3.63, 3.8) is 0 Å². The lowest BCUT2D eigenvalue weighted by Gasteiger charge is -2.05. The molecule has 114 valence electrons. The van der Waals surface area contributed by atoms with Crippen LogP contribution in [0, 0.1) is 12.7 Å². The topological polar surface area (TPSA) is 38.3 Å². The number of benzene rings is 2. The molecule has 0 saturated heterocycles. The Morgan fingerprint density at radius 1 is 1.18 bits per heavy atom. The van der Waals surface area contributed by atoms with Crippen LogP contribution in [0.1, 0.15) is 16.7 Å². The molecule has 1 amide bonds. The third kappa shape index (κ3) is 4.74. The number of hydrogen-bond acceptors (Lipinski definition) is 2. The summed E-state index contributed by atoms with van der Waals surface area (Å²) in [5.74, 6) is -0.239. The zero-order valence-corrected chi connectivity index (χ0v) is 12.4. The highest BCUT2D eigenvalue weighted by Gasteiger charge is 2.01. The summed E-state index contributed by atoms with van der Waals surface area (Å²) in [6.07, 6.45) is 3.05. The minimum Gasteiger partial charge on any atom is -0.445 e. The lowest BCUT2D eigenvalue weighted by atomic mass is 10.1. The Balaban J connectivity index is 1.75. The number of carbonyl (C=O) groups is 1. The number of hydrogen-bond donors (Lipinski definition) is 1. The standard InChI is InChI=1S/C18H18FNO2/c1-14-16(9-5-11-17(14)19)10-6-12-20-18(21)22-13-15-7-3-2-4-8-15/h2-11H,12-13H2,1H3,(H,20,21). The lowest BCUT2D eigenvalue weighted by Crippen LogP contribution is -2.24. The SMILES string of the molecule is Cc1c(F)cccc1C=CCNC(=O)OCc1ccccc1. The molecular formula is C18H18FNO2. The maximum absolute atomic E-state index is 13.4. The van der Waals surface area contributed by atoms with Gasteiger partial charge in [-0.05, 0) is 29.7 Å². The van der Waals surface area contributed by atoms with Crippen molar-refractivity contribution < 1.29 is 13.9 Å². The van der Waals surface area contributed by atoms with Crippen LogP contribution < -0.4 is 5.32 Å². The molecule has 2 rings (SSSR count). The van der Waals surface area contributed by atoms with Gasteiger partial charge in [-0.15, -0.1) is 0 Å². The van der Waals surface area contributed by atoms with Crippen LogP contribution in [0.2, 0.25) is 0 Å². The fourth-order valence-corrected chi connectivity index (χ4v) is 1.91. The molecule has 0 aliphatic heterocycles. The first-order chi connectivity index (χ1) is 10.7. The van der Waals surface area contributed by atoms with E-state index in [4.69, 9.17) is 4.74 Å². The van der Waals surface area contributed by atoms with Crippen molar-refractivity contribution >= 4 is 12.2 Å². The third-order valence-corrected chi connectivity index (χ3v) is 3.18. The Bertz CT molecular complexity index is 653. The Hall–Kier alpha value is -2.62. The van der Waals surface area contributed by atoms with Crippen molar-refractivity contribution in [3.05, 3.63) is 77.1 Å². The van der Waals surface area contributed by atoms with Crippen molar-refractivity contribution in [3.8, 4) is 0 Å². The Morgan fingerprint density at radius 3 is 2.73 bits per heavy atom. The highest BCUT2D eigenvalue weighted by Crippen LogP contribution is 2.13. The average molecular weight is 299 g/mol. The molecule has 0 unspecified atom stereocenters. The van der Waals surface area contributed by atoms with Gasteiger partial charge in [0.25, 0.3) is 0 Å². The first kappa shape index (κ1) is 15.8. The van der Waals surface area contributed by atoms with Crippen molar-refractivity contribution in [2.75, 3.05) is 6.54 Å². The number of carbonyl (C=O) groups excluding carboxylic acids is 1. The lowest BCUT2D eigenvalue weighted by molar-refractivity contribution is 0.141. The number of nitrogens with one attached hydrogen (secondary N) is 1. The highest BCUT2D eigenvalue weighted by molar-refractivity contribution is 5.67. The van der Waals surface area contributed by atoms with Crippen molar-refractivity contribution in [1.29, 1.82) is 0 Å². The van der Waals surface area contributed by atoms with Crippen LogP contribution in [-0.2, 0) is 11.3 Å². The molecule has 22 heavy (non-hydrogen) atoms. The maximum Gasteiger partial charge on any atom is 0.407 e. The summed E-state index contributed by atoms with van der Waals surface area (Å²) in [5.41, 5.74) is 2.31. The normalized spacial score (nSPS) is 10.6. The second kappa shape index (κ2) is 7.98. The molecule has 0 aliphatic rings. The fraction of sp³-hybridized carbons (Fsp3) is 0.167. The zero-order valence-electron chi connectivity index (χ0n) is 12.4. The quantitative estimate of drug-likeness (QED) is 0.903. The van der Waals surface area contributed by atoms with E-state index in [2.05, 4.69) is 5.32 Å². The van der Waals surface area contributed by atoms with Crippen LogP contribution in [0.4, 0.5) is 9.18 Å². The van der Waals surface area contributed by atoms with E-state index in [0.29, 0.717) is 12.1 Å². The Labute approximate surface area is 129 Å². The smallest absolute Gasteiger partial charge is 0.407 e. The van der Waals surface area contributed by atoms with Gasteiger partial charge in [0.05, 0.1) is 0 Å². The molecule has 0 spiro atoms. The second-order valence-corrected chi connectivity index (χ2v) is 4.80. The van der Waals surface area contributed by atoms with Gasteiger partial charge in [-0.2, -0.15) is 0 Å². The van der Waals surface area contributed by atoms with E-state index in [1.807, 2.05) is 36.4 Å². The van der Waals surface area contributed by atoms with Crippen LogP contribution in [0.3, 0.4) is 0 Å². The molecule has 0 fully saturated rings. The van der Waals surface area contributed by atoms with Crippen LogP contribution in [0.5, 0.6) is 0 Å². The van der Waals surface area contributed by atoms with E-state index in [0.717, 1.165) is 11.1 Å². The molecule has 3 nitrogen and oxygen atoms in total. The van der Waals surface area contributed by atoms with E-state index < -0.39 is 6.09 Å². The fourth-order valence-electron chi connectivity index (χ4n) is 1.91. The summed E-state index contributed by atoms with van der Waals surface area (Å²) in [5, 5.41) is 2.62. The molecule has 0 heterocycles. The predicted octanol–water partition coefficient (Wildman–Crippen LogP) is 4.07. The van der Waals surface area contributed by atoms with Gasteiger partial charge in [0.2, 0.25) is 0 Å². The van der Waals surface area contributed by atoms with E-state index in [1.165, 1.54) is 6.07 Å². The summed E-state index contributed by atoms with van der Waals surface area (Å²) < 4.78 is 18.4. The number of amides is 1. The monoisotopic (exact) mass is 299 g/mol. The molecule has 2 aromatic carbocycles. The zero-order chi connectivity index (χ0) is 15.8. The van der Waals surface area contributed by atoms with E-state index in [9.17, 15) is 9.18 Å². The van der Waals surface area contributed by atoms with Gasteiger partial charge in [-0.25, -0.2) is 9.18 Å². The van der Waals surface area contributed by atoms with Crippen LogP contribution >= 0.6 is 0 Å². The molecule has 4 heteroatoms. The van der Waals surface area contributed by atoms with Crippen LogP contribution in [0.15, 0.2) is 54.6 Å². The first-order valence-corrected chi connectivity index (χ1v) is 7.03. The molecule has 1 N–H and O–H groups in total. The molecule has 0 saturated carbocycles. The van der Waals surface area contributed by atoms with Gasteiger partial charge in [0.1, 0.15) is 12.4 Å². The number of alkyl carbamates (subject to hydrolysis) is 1. The molecular weight excluding hydrogens is 281 g/mol. The number of rotatable bonds is 5. The summed E-state index contributed by atoms with van der Waals surface area (Å²) in [4.78, 5) is 11.5. The second-order valence-electron chi connectivity index (χ2n) is 4.80. The number of ether oxygens (including phenoxy) is 1. The van der Waals surface area contributed by atoms with Crippen molar-refractivity contribution in [2.45, 2.75) is 13.5 Å². The number of halogens is 1. The molecule has 0 bridgehead atoms. The van der Waals surface area contributed by atoms with Gasteiger partial charge in [0, 0.05) is 6.54 Å². The Kier molecular flexibility index (Phi) is 5.72. The van der Waals surface area contributed by atoms with Gasteiger partial charge in [-0.3, -0.25) is 0 Å². The van der Waals surface area contributed by atoms with Gasteiger partial charge >= 0.3 is 6.09 Å². The van der Waals surface area contributed by atoms with Crippen molar-refractivity contribution in [1.82, 2.24) is 5.32 Å². The largest absolute Gasteiger partial charge is 0.445 e. The van der Waals surface area contributed by atoms with E-state index in [1.54, 1.807) is 25.1 Å². The summed E-state index contributed by atoms with van der Waals surface area (Å²) in [6, 6.07) is 14.4. The predicted molar refractivity (Wildman–Crippen MR) is 84.8 cm³/mol. The molecule has 0 aromatic heterocycles. The average Bonchev–Trinajstić information content (AvgIpc) is 2.54. The Morgan fingerprint density at radius 2 is 1.95 bits per heavy atom. The van der Waals surface area contributed by atoms with E-state index in [-0.39, 0.29) is 12.4 Å². The van der Waals surface area contributed by atoms with Crippen LogP contribution in [0.25, 0.3) is 6.08 Å². The highest BCUT2D eigenvalue weighted by atomic mass is 19.1. The molecule has 0 atom stereocenters. The third-order valence-electron chi connectivity index (χ3n) is 3.18. The van der Waals surface area contributed by atoms with Crippen LogP contribution in [-0.4, -0.2) is 12.6 Å². The van der Waals surface area contributed by atoms with Gasteiger partial charge < -0.3 is 10.1 Å². The van der Waals surface area contributed by atoms with Crippen molar-refractivity contribution in [2.24, 2.45) is 0 Å². The minimum absolute atomic E-state index is 0.236. The van der Waals surface area contributed by atoms with Gasteiger partial charge in [0.15, 0.2) is 0 Å². The molecule has 0 radical (unpaired) electrons. The van der Waals surface area contributed by atoms with Gasteiger partial charge in [-0.1, -0.05) is 54.6 Å². The summed E-state index contributed by atoms with van der Waals surface area (Å²) in [6.45, 7) is 2.28. The minimum atomic E-state index is -0.482. The maximum atomic E-state index is 13.4. The molecule has 0 aliphatic carbocycles. The summed E-state index contributed by atoms with van der Waals surface area (Å²) >= 11 is 0. The summed E-state index contributed by atoms with van der Waals surface area (Å²) in [7, 11) is 0. The van der Waals surface area contributed by atoms with E-state index >= 15 is 0 Å².